The van der Waals surface area contributed by atoms with Gasteiger partial charge in [-0.05, 0) is 19.3 Å². The zero-order chi connectivity index (χ0) is 12.7. The molecule has 0 aromatic carbocycles. The molecule has 0 aromatic heterocycles. The molecule has 0 aliphatic heterocycles. The van der Waals surface area contributed by atoms with Crippen LogP contribution in [0.1, 0.15) is 38.5 Å². The van der Waals surface area contributed by atoms with Gasteiger partial charge in [-0.25, -0.2) is 4.79 Å². The molecule has 5 N–H and O–H groups in total. The van der Waals surface area contributed by atoms with Crippen LogP contribution < -0.4 is 16.4 Å². The number of urea groups is 1. The molecule has 6 nitrogen and oxygen atoms in total. The van der Waals surface area contributed by atoms with Gasteiger partial charge in [0.25, 0.3) is 0 Å². The summed E-state index contributed by atoms with van der Waals surface area (Å²) >= 11 is 0. The molecule has 0 radical (unpaired) electrons. The number of hydrogen-bond donors (Lipinski definition) is 4. The van der Waals surface area contributed by atoms with E-state index in [0.29, 0.717) is 13.0 Å². The molecule has 6 heteroatoms. The predicted molar refractivity (Wildman–Crippen MR) is 63.6 cm³/mol. The lowest BCUT2D eigenvalue weighted by Gasteiger charge is -2.29. The van der Waals surface area contributed by atoms with Crippen molar-refractivity contribution >= 4 is 12.0 Å². The second kappa shape index (κ2) is 7.11. The Morgan fingerprint density at radius 2 is 2.00 bits per heavy atom. The van der Waals surface area contributed by atoms with Crippen molar-refractivity contribution in [1.82, 2.24) is 10.6 Å². The van der Waals surface area contributed by atoms with Gasteiger partial charge in [-0.1, -0.05) is 12.8 Å². The van der Waals surface area contributed by atoms with Crippen molar-refractivity contribution in [2.45, 2.75) is 50.6 Å². The SMILES string of the molecule is NC1CCCCC1NC(=O)NCCCC(=O)O. The minimum Gasteiger partial charge on any atom is -0.481 e. The molecule has 98 valence electrons. The number of rotatable bonds is 5. The first kappa shape index (κ1) is 13.8. The topological polar surface area (TPSA) is 104 Å². The van der Waals surface area contributed by atoms with E-state index in [4.69, 9.17) is 10.8 Å². The summed E-state index contributed by atoms with van der Waals surface area (Å²) in [5, 5.41) is 13.9. The molecule has 1 saturated carbocycles. The molecule has 0 spiro atoms. The highest BCUT2D eigenvalue weighted by Gasteiger charge is 2.22. The number of carbonyl (C=O) groups is 2. The smallest absolute Gasteiger partial charge is 0.315 e. The first-order valence-corrected chi connectivity index (χ1v) is 6.11. The standard InChI is InChI=1S/C11H21N3O3/c12-8-4-1-2-5-9(8)14-11(17)13-7-3-6-10(15)16/h8-9H,1-7,12H2,(H,15,16)(H2,13,14,17). The first-order chi connectivity index (χ1) is 8.09. The lowest BCUT2D eigenvalue weighted by Crippen LogP contribution is -2.52. The summed E-state index contributed by atoms with van der Waals surface area (Å²) in [5.41, 5.74) is 5.90. The molecule has 1 aliphatic rings. The van der Waals surface area contributed by atoms with Gasteiger partial charge in [-0.15, -0.1) is 0 Å². The number of carbonyl (C=O) groups excluding carboxylic acids is 1. The Kier molecular flexibility index (Phi) is 5.76. The van der Waals surface area contributed by atoms with E-state index in [1.807, 2.05) is 0 Å². The van der Waals surface area contributed by atoms with Crippen molar-refractivity contribution in [2.75, 3.05) is 6.54 Å². The van der Waals surface area contributed by atoms with E-state index < -0.39 is 5.97 Å². The van der Waals surface area contributed by atoms with Crippen LogP contribution in [0.3, 0.4) is 0 Å². The van der Waals surface area contributed by atoms with Gasteiger partial charge in [0, 0.05) is 25.0 Å². The van der Waals surface area contributed by atoms with E-state index >= 15 is 0 Å². The van der Waals surface area contributed by atoms with Gasteiger partial charge in [0.05, 0.1) is 0 Å². The second-order valence-electron chi connectivity index (χ2n) is 4.45. The zero-order valence-corrected chi connectivity index (χ0v) is 9.95. The summed E-state index contributed by atoms with van der Waals surface area (Å²) < 4.78 is 0. The molecule has 0 heterocycles. The van der Waals surface area contributed by atoms with Crippen LogP contribution >= 0.6 is 0 Å². The normalized spacial score (nSPS) is 24.1. The fraction of sp³-hybridized carbons (Fsp3) is 0.818. The zero-order valence-electron chi connectivity index (χ0n) is 9.95. The molecule has 0 aromatic rings. The predicted octanol–water partition coefficient (Wildman–Crippen LogP) is 0.420. The summed E-state index contributed by atoms with van der Waals surface area (Å²) in [6.45, 7) is 0.375. The molecule has 2 amide bonds. The van der Waals surface area contributed by atoms with Gasteiger partial charge in [-0.2, -0.15) is 0 Å². The molecule has 0 saturated heterocycles. The Morgan fingerprint density at radius 3 is 2.65 bits per heavy atom. The highest BCUT2D eigenvalue weighted by atomic mass is 16.4. The fourth-order valence-corrected chi connectivity index (χ4v) is 2.00. The van der Waals surface area contributed by atoms with Crippen molar-refractivity contribution in [1.29, 1.82) is 0 Å². The molecule has 0 bridgehead atoms. The lowest BCUT2D eigenvalue weighted by molar-refractivity contribution is -0.137. The Morgan fingerprint density at radius 1 is 1.29 bits per heavy atom. The van der Waals surface area contributed by atoms with Gasteiger partial charge in [-0.3, -0.25) is 4.79 Å². The van der Waals surface area contributed by atoms with Crippen LogP contribution in [0.25, 0.3) is 0 Å². The van der Waals surface area contributed by atoms with Crippen molar-refractivity contribution in [2.24, 2.45) is 5.73 Å². The third-order valence-corrected chi connectivity index (χ3v) is 2.99. The van der Waals surface area contributed by atoms with Crippen LogP contribution in [0.15, 0.2) is 0 Å². The van der Waals surface area contributed by atoms with E-state index in [2.05, 4.69) is 10.6 Å². The van der Waals surface area contributed by atoms with E-state index in [-0.39, 0.29) is 24.5 Å². The number of nitrogens with one attached hydrogen (secondary N) is 2. The summed E-state index contributed by atoms with van der Waals surface area (Å²) in [5.74, 6) is -0.846. The van der Waals surface area contributed by atoms with Crippen LogP contribution in [0.5, 0.6) is 0 Å². The highest BCUT2D eigenvalue weighted by Crippen LogP contribution is 2.16. The van der Waals surface area contributed by atoms with E-state index in [1.165, 1.54) is 0 Å². The van der Waals surface area contributed by atoms with Crippen LogP contribution in [0, 0.1) is 0 Å². The maximum absolute atomic E-state index is 11.5. The molecular weight excluding hydrogens is 222 g/mol. The summed E-state index contributed by atoms with van der Waals surface area (Å²) in [7, 11) is 0. The summed E-state index contributed by atoms with van der Waals surface area (Å²) in [4.78, 5) is 21.7. The largest absolute Gasteiger partial charge is 0.481 e. The third kappa shape index (κ3) is 5.53. The highest BCUT2D eigenvalue weighted by molar-refractivity contribution is 5.74. The minimum absolute atomic E-state index is 0.0357. The molecule has 1 aliphatic carbocycles. The lowest BCUT2D eigenvalue weighted by atomic mass is 9.91. The number of hydrogen-bond acceptors (Lipinski definition) is 3. The van der Waals surface area contributed by atoms with Crippen LogP contribution in [-0.2, 0) is 4.79 Å². The maximum Gasteiger partial charge on any atom is 0.315 e. The summed E-state index contributed by atoms with van der Waals surface area (Å²) in [6.07, 6.45) is 4.60. The van der Waals surface area contributed by atoms with E-state index in [9.17, 15) is 9.59 Å². The molecular formula is C11H21N3O3. The molecule has 1 rings (SSSR count). The monoisotopic (exact) mass is 243 g/mol. The van der Waals surface area contributed by atoms with Crippen molar-refractivity contribution < 1.29 is 14.7 Å². The first-order valence-electron chi connectivity index (χ1n) is 6.11. The molecule has 1 fully saturated rings. The average Bonchev–Trinajstić information content (AvgIpc) is 2.27. The number of aliphatic carboxylic acids is 1. The third-order valence-electron chi connectivity index (χ3n) is 2.99. The number of carboxylic acids is 1. The summed E-state index contributed by atoms with van der Waals surface area (Å²) in [6, 6.07) is -0.172. The second-order valence-corrected chi connectivity index (χ2v) is 4.45. The number of amides is 2. The van der Waals surface area contributed by atoms with Gasteiger partial charge in [0.2, 0.25) is 0 Å². The van der Waals surface area contributed by atoms with Gasteiger partial charge in [0.15, 0.2) is 0 Å². The van der Waals surface area contributed by atoms with E-state index in [1.54, 1.807) is 0 Å². The van der Waals surface area contributed by atoms with Gasteiger partial charge >= 0.3 is 12.0 Å². The van der Waals surface area contributed by atoms with Crippen molar-refractivity contribution in [3.63, 3.8) is 0 Å². The number of carboxylic acid groups (broad SMARTS) is 1. The quantitative estimate of drug-likeness (QED) is 0.525. The molecule has 17 heavy (non-hydrogen) atoms. The average molecular weight is 243 g/mol. The Balaban J connectivity index is 2.13. The Bertz CT molecular complexity index is 271. The van der Waals surface area contributed by atoms with Gasteiger partial charge < -0.3 is 21.5 Å². The van der Waals surface area contributed by atoms with Crippen molar-refractivity contribution in [3.05, 3.63) is 0 Å². The van der Waals surface area contributed by atoms with Gasteiger partial charge in [0.1, 0.15) is 0 Å². The van der Waals surface area contributed by atoms with E-state index in [0.717, 1.165) is 25.7 Å². The van der Waals surface area contributed by atoms with Crippen molar-refractivity contribution in [3.8, 4) is 0 Å². The molecule has 2 atom stereocenters. The maximum atomic E-state index is 11.5. The number of nitrogens with two attached hydrogens (primary N) is 1. The molecule has 2 unspecified atom stereocenters. The van der Waals surface area contributed by atoms with Crippen LogP contribution in [0.4, 0.5) is 4.79 Å². The van der Waals surface area contributed by atoms with Crippen LogP contribution in [0.2, 0.25) is 0 Å². The fourth-order valence-electron chi connectivity index (χ4n) is 2.00. The van der Waals surface area contributed by atoms with Crippen LogP contribution in [-0.4, -0.2) is 35.7 Å². The minimum atomic E-state index is -0.846. The Labute approximate surface area is 101 Å². The Hall–Kier alpha value is -1.30.